The van der Waals surface area contributed by atoms with Crippen LogP contribution in [-0.2, 0) is 9.53 Å². The molecule has 1 aliphatic rings. The van der Waals surface area contributed by atoms with E-state index in [1.165, 1.54) is 0 Å². The molecule has 0 atom stereocenters. The normalized spacial score (nSPS) is 18.3. The van der Waals surface area contributed by atoms with E-state index in [0.717, 1.165) is 32.1 Å². The van der Waals surface area contributed by atoms with Crippen LogP contribution in [0.25, 0.3) is 0 Å². The predicted octanol–water partition coefficient (Wildman–Crippen LogP) is 0.834. The molecule has 0 saturated heterocycles. The van der Waals surface area contributed by atoms with E-state index in [4.69, 9.17) is 4.74 Å². The molecule has 4 nitrogen and oxygen atoms in total. The van der Waals surface area contributed by atoms with Gasteiger partial charge in [-0.15, -0.1) is 0 Å². The van der Waals surface area contributed by atoms with Crippen molar-refractivity contribution in [2.75, 3.05) is 19.8 Å². The van der Waals surface area contributed by atoms with Crippen LogP contribution in [0.15, 0.2) is 0 Å². The lowest BCUT2D eigenvalue weighted by Crippen LogP contribution is -2.48. The number of hydrogen-bond donors (Lipinski definition) is 2. The zero-order valence-corrected chi connectivity index (χ0v) is 9.42. The monoisotopic (exact) mass is 215 g/mol. The van der Waals surface area contributed by atoms with E-state index in [9.17, 15) is 9.90 Å². The van der Waals surface area contributed by atoms with Gasteiger partial charge in [-0.2, -0.15) is 0 Å². The number of unbranched alkanes of at least 4 members (excludes halogenated alkanes) is 1. The molecule has 0 aromatic rings. The van der Waals surface area contributed by atoms with Gasteiger partial charge in [0.1, 0.15) is 6.61 Å². The second-order valence-electron chi connectivity index (χ2n) is 4.26. The highest BCUT2D eigenvalue weighted by molar-refractivity contribution is 5.77. The number of carbonyl (C=O) groups is 1. The van der Waals surface area contributed by atoms with Gasteiger partial charge in [0.15, 0.2) is 0 Å². The maximum atomic E-state index is 11.2. The van der Waals surface area contributed by atoms with Gasteiger partial charge in [0.05, 0.1) is 5.60 Å². The lowest BCUT2D eigenvalue weighted by molar-refractivity contribution is -0.128. The van der Waals surface area contributed by atoms with Crippen molar-refractivity contribution in [3.63, 3.8) is 0 Å². The van der Waals surface area contributed by atoms with Gasteiger partial charge in [-0.3, -0.25) is 4.79 Å². The maximum absolute atomic E-state index is 11.2. The standard InChI is InChI=1S/C11H21NO3/c1-2-3-7-15-8-10(13)12-9-11(14)5-4-6-11/h14H,2-9H2,1H3,(H,12,13). The van der Waals surface area contributed by atoms with Gasteiger partial charge < -0.3 is 15.2 Å². The summed E-state index contributed by atoms with van der Waals surface area (Å²) in [5.41, 5.74) is -0.640. The fourth-order valence-electron chi connectivity index (χ4n) is 1.49. The molecule has 2 N–H and O–H groups in total. The Hall–Kier alpha value is -0.610. The van der Waals surface area contributed by atoms with Crippen molar-refractivity contribution >= 4 is 5.91 Å². The van der Waals surface area contributed by atoms with Crippen molar-refractivity contribution in [3.8, 4) is 0 Å². The van der Waals surface area contributed by atoms with Crippen LogP contribution in [-0.4, -0.2) is 36.4 Å². The molecule has 0 heterocycles. The Balaban J connectivity index is 1.98. The van der Waals surface area contributed by atoms with E-state index >= 15 is 0 Å². The van der Waals surface area contributed by atoms with E-state index < -0.39 is 5.60 Å². The summed E-state index contributed by atoms with van der Waals surface area (Å²) in [6.07, 6.45) is 4.70. The molecule has 1 aliphatic carbocycles. The first kappa shape index (κ1) is 12.5. The molecule has 0 aromatic heterocycles. The minimum atomic E-state index is -0.640. The first-order valence-corrected chi connectivity index (χ1v) is 5.73. The number of amides is 1. The molecule has 0 spiro atoms. The Morgan fingerprint density at radius 3 is 2.80 bits per heavy atom. The lowest BCUT2D eigenvalue weighted by atomic mass is 9.80. The van der Waals surface area contributed by atoms with Crippen molar-refractivity contribution in [1.82, 2.24) is 5.32 Å². The summed E-state index contributed by atoms with van der Waals surface area (Å²) >= 11 is 0. The van der Waals surface area contributed by atoms with Crippen molar-refractivity contribution in [2.45, 2.75) is 44.6 Å². The molecule has 4 heteroatoms. The number of hydrogen-bond acceptors (Lipinski definition) is 3. The Bertz CT molecular complexity index is 202. The molecule has 1 fully saturated rings. The second-order valence-corrected chi connectivity index (χ2v) is 4.26. The molecular weight excluding hydrogens is 194 g/mol. The highest BCUT2D eigenvalue weighted by atomic mass is 16.5. The zero-order valence-electron chi connectivity index (χ0n) is 9.42. The van der Waals surface area contributed by atoms with Crippen LogP contribution in [0.3, 0.4) is 0 Å². The third-order valence-electron chi connectivity index (χ3n) is 2.77. The third-order valence-corrected chi connectivity index (χ3v) is 2.77. The number of aliphatic hydroxyl groups is 1. The fraction of sp³-hybridized carbons (Fsp3) is 0.909. The average Bonchev–Trinajstić information content (AvgIpc) is 2.19. The number of carbonyl (C=O) groups excluding carboxylic acids is 1. The molecule has 0 radical (unpaired) electrons. The number of nitrogens with one attached hydrogen (secondary N) is 1. The van der Waals surface area contributed by atoms with E-state index in [1.807, 2.05) is 0 Å². The van der Waals surface area contributed by atoms with Crippen molar-refractivity contribution < 1.29 is 14.6 Å². The van der Waals surface area contributed by atoms with Crippen LogP contribution in [0.5, 0.6) is 0 Å². The SMILES string of the molecule is CCCCOCC(=O)NCC1(O)CCC1. The molecule has 0 aromatic carbocycles. The molecule has 15 heavy (non-hydrogen) atoms. The van der Waals surface area contributed by atoms with Crippen molar-refractivity contribution in [2.24, 2.45) is 0 Å². The lowest BCUT2D eigenvalue weighted by Gasteiger charge is -2.36. The van der Waals surface area contributed by atoms with Gasteiger partial charge in [0.2, 0.25) is 5.91 Å². The topological polar surface area (TPSA) is 58.6 Å². The fourth-order valence-corrected chi connectivity index (χ4v) is 1.49. The second kappa shape index (κ2) is 6.08. The number of ether oxygens (including phenoxy) is 1. The summed E-state index contributed by atoms with van der Waals surface area (Å²) in [6, 6.07) is 0. The van der Waals surface area contributed by atoms with Gasteiger partial charge in [0.25, 0.3) is 0 Å². The summed E-state index contributed by atoms with van der Waals surface area (Å²) in [6.45, 7) is 3.18. The Morgan fingerprint density at radius 2 is 2.27 bits per heavy atom. The summed E-state index contributed by atoms with van der Waals surface area (Å²) in [5, 5.41) is 12.4. The van der Waals surface area contributed by atoms with Crippen LogP contribution in [0.2, 0.25) is 0 Å². The minimum Gasteiger partial charge on any atom is -0.388 e. The number of rotatable bonds is 7. The van der Waals surface area contributed by atoms with Crippen LogP contribution in [0.4, 0.5) is 0 Å². The van der Waals surface area contributed by atoms with Gasteiger partial charge in [-0.1, -0.05) is 13.3 Å². The van der Waals surface area contributed by atoms with Crippen LogP contribution >= 0.6 is 0 Å². The van der Waals surface area contributed by atoms with Crippen LogP contribution < -0.4 is 5.32 Å². The van der Waals surface area contributed by atoms with E-state index in [1.54, 1.807) is 0 Å². The summed E-state index contributed by atoms with van der Waals surface area (Å²) < 4.78 is 5.16. The van der Waals surface area contributed by atoms with Gasteiger partial charge in [-0.25, -0.2) is 0 Å². The zero-order chi connectivity index (χ0) is 11.1. The van der Waals surface area contributed by atoms with E-state index in [0.29, 0.717) is 13.2 Å². The van der Waals surface area contributed by atoms with Crippen molar-refractivity contribution in [1.29, 1.82) is 0 Å². The molecule has 1 saturated carbocycles. The quantitative estimate of drug-likeness (QED) is 0.619. The molecule has 0 bridgehead atoms. The summed E-state index contributed by atoms with van der Waals surface area (Å²) in [5.74, 6) is -0.133. The third kappa shape index (κ3) is 4.62. The smallest absolute Gasteiger partial charge is 0.246 e. The van der Waals surface area contributed by atoms with Crippen LogP contribution in [0.1, 0.15) is 39.0 Å². The minimum absolute atomic E-state index is 0.107. The van der Waals surface area contributed by atoms with Gasteiger partial charge in [0, 0.05) is 13.2 Å². The van der Waals surface area contributed by atoms with Gasteiger partial charge in [-0.05, 0) is 25.7 Å². The maximum Gasteiger partial charge on any atom is 0.246 e. The molecule has 1 rings (SSSR count). The molecule has 88 valence electrons. The average molecular weight is 215 g/mol. The Kier molecular flexibility index (Phi) is 5.05. The summed E-state index contributed by atoms with van der Waals surface area (Å²) in [4.78, 5) is 11.2. The molecule has 0 aliphatic heterocycles. The first-order valence-electron chi connectivity index (χ1n) is 5.73. The molecular formula is C11H21NO3. The highest BCUT2D eigenvalue weighted by Crippen LogP contribution is 2.30. The largest absolute Gasteiger partial charge is 0.388 e. The van der Waals surface area contributed by atoms with Crippen LogP contribution in [0, 0.1) is 0 Å². The summed E-state index contributed by atoms with van der Waals surface area (Å²) in [7, 11) is 0. The van der Waals surface area contributed by atoms with Crippen molar-refractivity contribution in [3.05, 3.63) is 0 Å². The van der Waals surface area contributed by atoms with Gasteiger partial charge >= 0.3 is 0 Å². The van der Waals surface area contributed by atoms with E-state index in [2.05, 4.69) is 12.2 Å². The van der Waals surface area contributed by atoms with E-state index in [-0.39, 0.29) is 12.5 Å². The highest BCUT2D eigenvalue weighted by Gasteiger charge is 2.34. The predicted molar refractivity (Wildman–Crippen MR) is 57.5 cm³/mol. The Labute approximate surface area is 91.0 Å². The molecule has 0 unspecified atom stereocenters. The first-order chi connectivity index (χ1) is 7.16. The Morgan fingerprint density at radius 1 is 1.53 bits per heavy atom. The molecule has 1 amide bonds.